The summed E-state index contributed by atoms with van der Waals surface area (Å²) in [5, 5.41) is 3.34. The van der Waals surface area contributed by atoms with E-state index >= 15 is 0 Å². The van der Waals surface area contributed by atoms with Crippen molar-refractivity contribution >= 4 is 23.5 Å². The zero-order chi connectivity index (χ0) is 20.8. The number of aromatic nitrogens is 1. The lowest BCUT2D eigenvalue weighted by Gasteiger charge is -2.22. The minimum atomic E-state index is -1.15. The van der Waals surface area contributed by atoms with Crippen LogP contribution in [0.15, 0.2) is 53.1 Å². The lowest BCUT2D eigenvalue weighted by Crippen LogP contribution is -2.40. The van der Waals surface area contributed by atoms with E-state index in [1.165, 1.54) is 6.26 Å². The normalized spacial score (nSPS) is 19.0. The van der Waals surface area contributed by atoms with Crippen molar-refractivity contribution in [2.75, 3.05) is 0 Å². The molecule has 1 N–H and O–H groups in total. The van der Waals surface area contributed by atoms with Crippen LogP contribution in [-0.2, 0) is 16.9 Å². The van der Waals surface area contributed by atoms with E-state index in [-0.39, 0.29) is 12.5 Å². The molecule has 2 aromatic carbocycles. The van der Waals surface area contributed by atoms with Crippen LogP contribution in [0, 0.1) is 13.8 Å². The molecule has 7 heteroatoms. The number of amides is 3. The molecule has 1 aliphatic heterocycles. The zero-order valence-corrected chi connectivity index (χ0v) is 17.1. The molecule has 29 heavy (non-hydrogen) atoms. The third-order valence-electron chi connectivity index (χ3n) is 5.18. The first-order valence-corrected chi connectivity index (χ1v) is 9.58. The number of oxazole rings is 1. The highest BCUT2D eigenvalue weighted by atomic mass is 35.5. The Morgan fingerprint density at radius 1 is 1.14 bits per heavy atom. The average molecular weight is 410 g/mol. The van der Waals surface area contributed by atoms with E-state index in [0.717, 1.165) is 21.6 Å². The average Bonchev–Trinajstić information content (AvgIpc) is 3.21. The summed E-state index contributed by atoms with van der Waals surface area (Å²) in [7, 11) is 0. The van der Waals surface area contributed by atoms with Crippen molar-refractivity contribution in [1.29, 1.82) is 0 Å². The number of aryl methyl sites for hydroxylation is 2. The highest BCUT2D eigenvalue weighted by Crippen LogP contribution is 2.31. The van der Waals surface area contributed by atoms with Crippen LogP contribution in [0.5, 0.6) is 0 Å². The second-order valence-corrected chi connectivity index (χ2v) is 7.85. The second kappa shape index (κ2) is 7.04. The van der Waals surface area contributed by atoms with E-state index in [2.05, 4.69) is 10.3 Å². The fraction of sp³-hybridized carbons (Fsp3) is 0.227. The van der Waals surface area contributed by atoms with Gasteiger partial charge in [-0.25, -0.2) is 9.78 Å². The van der Waals surface area contributed by atoms with E-state index in [9.17, 15) is 9.59 Å². The first-order valence-electron chi connectivity index (χ1n) is 9.20. The molecular formula is C22H20ClN3O3. The Morgan fingerprint density at radius 3 is 2.55 bits per heavy atom. The number of carbonyl (C=O) groups is 2. The molecule has 1 atom stereocenters. The predicted octanol–water partition coefficient (Wildman–Crippen LogP) is 4.58. The van der Waals surface area contributed by atoms with Crippen LogP contribution in [-0.4, -0.2) is 21.8 Å². The van der Waals surface area contributed by atoms with Gasteiger partial charge in [-0.05, 0) is 50.1 Å². The van der Waals surface area contributed by atoms with Crippen molar-refractivity contribution in [3.63, 3.8) is 0 Å². The number of hydrogen-bond donors (Lipinski definition) is 1. The number of rotatable bonds is 4. The van der Waals surface area contributed by atoms with E-state index < -0.39 is 11.6 Å². The molecule has 2 heterocycles. The number of urea groups is 1. The van der Waals surface area contributed by atoms with Crippen LogP contribution >= 0.6 is 11.6 Å². The fourth-order valence-electron chi connectivity index (χ4n) is 3.54. The van der Waals surface area contributed by atoms with Crippen LogP contribution in [0.25, 0.3) is 11.5 Å². The van der Waals surface area contributed by atoms with Crippen LogP contribution < -0.4 is 5.32 Å². The minimum Gasteiger partial charge on any atom is -0.444 e. The Hall–Kier alpha value is -3.12. The smallest absolute Gasteiger partial charge is 0.325 e. The molecule has 0 radical (unpaired) electrons. The van der Waals surface area contributed by atoms with Crippen molar-refractivity contribution in [2.24, 2.45) is 0 Å². The molecule has 0 spiro atoms. The molecule has 3 aromatic rings. The largest absolute Gasteiger partial charge is 0.444 e. The summed E-state index contributed by atoms with van der Waals surface area (Å²) < 4.78 is 5.61. The van der Waals surface area contributed by atoms with Crippen LogP contribution in [0.2, 0.25) is 5.02 Å². The Labute approximate surface area is 173 Å². The van der Waals surface area contributed by atoms with Gasteiger partial charge in [0.05, 0.1) is 12.2 Å². The summed E-state index contributed by atoms with van der Waals surface area (Å²) in [6, 6.07) is 12.4. The summed E-state index contributed by atoms with van der Waals surface area (Å²) in [5.41, 5.74) is 3.09. The number of benzene rings is 2. The van der Waals surface area contributed by atoms with Gasteiger partial charge in [0.1, 0.15) is 11.8 Å². The van der Waals surface area contributed by atoms with Gasteiger partial charge in [-0.3, -0.25) is 9.69 Å². The number of carbonyl (C=O) groups excluding carboxylic acids is 2. The van der Waals surface area contributed by atoms with Crippen molar-refractivity contribution in [1.82, 2.24) is 15.2 Å². The van der Waals surface area contributed by atoms with Gasteiger partial charge in [-0.15, -0.1) is 0 Å². The minimum absolute atomic E-state index is 0.0300. The molecule has 0 aliphatic carbocycles. The van der Waals surface area contributed by atoms with Crippen LogP contribution in [0.1, 0.15) is 29.3 Å². The summed E-state index contributed by atoms with van der Waals surface area (Å²) in [5.74, 6) is 0.117. The topological polar surface area (TPSA) is 75.4 Å². The van der Waals surface area contributed by atoms with Gasteiger partial charge >= 0.3 is 6.03 Å². The predicted molar refractivity (Wildman–Crippen MR) is 109 cm³/mol. The van der Waals surface area contributed by atoms with Gasteiger partial charge in [-0.1, -0.05) is 41.4 Å². The Morgan fingerprint density at radius 2 is 1.86 bits per heavy atom. The molecule has 1 fully saturated rings. The molecule has 0 unspecified atom stereocenters. The third-order valence-corrected chi connectivity index (χ3v) is 5.43. The Kier molecular flexibility index (Phi) is 4.67. The maximum absolute atomic E-state index is 13.0. The van der Waals surface area contributed by atoms with Crippen molar-refractivity contribution in [2.45, 2.75) is 32.9 Å². The standard InChI is InChI=1S/C22H20ClN3O3/c1-13-4-9-18(14(2)10-13)19-24-17(12-29-19)11-26-20(27)22(3,25-21(26)28)15-5-7-16(23)8-6-15/h4-10,12H,11H2,1-3H3,(H,25,28)/t22-/m0/s1. The summed E-state index contributed by atoms with van der Waals surface area (Å²) in [6.45, 7) is 5.72. The fourth-order valence-corrected chi connectivity index (χ4v) is 3.66. The number of halogens is 1. The van der Waals surface area contributed by atoms with Crippen LogP contribution in [0.4, 0.5) is 4.79 Å². The van der Waals surface area contributed by atoms with E-state index in [1.807, 2.05) is 32.0 Å². The monoisotopic (exact) mass is 409 g/mol. The summed E-state index contributed by atoms with van der Waals surface area (Å²) in [6.07, 6.45) is 1.48. The van der Waals surface area contributed by atoms with Gasteiger partial charge < -0.3 is 9.73 Å². The molecule has 0 saturated carbocycles. The molecule has 1 aromatic heterocycles. The Bertz CT molecular complexity index is 1110. The van der Waals surface area contributed by atoms with Gasteiger partial charge in [0.15, 0.2) is 0 Å². The molecule has 1 aliphatic rings. The Balaban J connectivity index is 1.57. The van der Waals surface area contributed by atoms with Crippen molar-refractivity contribution in [3.8, 4) is 11.5 Å². The SMILES string of the molecule is Cc1ccc(-c2nc(CN3C(=O)N[C@@](C)(c4ccc(Cl)cc4)C3=O)co2)c(C)c1. The van der Waals surface area contributed by atoms with E-state index in [0.29, 0.717) is 22.2 Å². The van der Waals surface area contributed by atoms with Gasteiger partial charge in [-0.2, -0.15) is 0 Å². The van der Waals surface area contributed by atoms with Gasteiger partial charge in [0.2, 0.25) is 5.89 Å². The number of nitrogens with one attached hydrogen (secondary N) is 1. The molecule has 6 nitrogen and oxygen atoms in total. The molecule has 4 rings (SSSR count). The van der Waals surface area contributed by atoms with Crippen molar-refractivity contribution in [3.05, 3.63) is 76.1 Å². The van der Waals surface area contributed by atoms with E-state index in [4.69, 9.17) is 16.0 Å². The molecule has 3 amide bonds. The molecule has 148 valence electrons. The number of nitrogens with zero attached hydrogens (tertiary/aromatic N) is 2. The highest BCUT2D eigenvalue weighted by molar-refractivity contribution is 6.30. The number of imide groups is 1. The number of hydrogen-bond acceptors (Lipinski definition) is 4. The van der Waals surface area contributed by atoms with E-state index in [1.54, 1.807) is 31.2 Å². The molecule has 1 saturated heterocycles. The quantitative estimate of drug-likeness (QED) is 0.640. The summed E-state index contributed by atoms with van der Waals surface area (Å²) in [4.78, 5) is 31.2. The van der Waals surface area contributed by atoms with Gasteiger partial charge in [0, 0.05) is 10.6 Å². The zero-order valence-electron chi connectivity index (χ0n) is 16.3. The molecular weight excluding hydrogens is 390 g/mol. The second-order valence-electron chi connectivity index (χ2n) is 7.42. The van der Waals surface area contributed by atoms with Crippen LogP contribution in [0.3, 0.4) is 0 Å². The highest BCUT2D eigenvalue weighted by Gasteiger charge is 2.49. The first-order chi connectivity index (χ1) is 13.8. The lowest BCUT2D eigenvalue weighted by atomic mass is 9.92. The summed E-state index contributed by atoms with van der Waals surface area (Å²) >= 11 is 5.94. The van der Waals surface area contributed by atoms with Crippen molar-refractivity contribution < 1.29 is 14.0 Å². The maximum atomic E-state index is 13.0. The third kappa shape index (κ3) is 3.40. The molecule has 0 bridgehead atoms. The maximum Gasteiger partial charge on any atom is 0.325 e. The lowest BCUT2D eigenvalue weighted by molar-refractivity contribution is -0.131. The van der Waals surface area contributed by atoms with Gasteiger partial charge in [0.25, 0.3) is 5.91 Å². The first kappa shape index (κ1) is 19.2.